The van der Waals surface area contributed by atoms with Crippen molar-refractivity contribution in [2.45, 2.75) is 111 Å². The number of amides is 1. The minimum atomic E-state index is -0.0270. The molecule has 3 nitrogen and oxygen atoms in total. The molecule has 0 saturated carbocycles. The van der Waals surface area contributed by atoms with Crippen LogP contribution in [0.15, 0.2) is 0 Å². The van der Waals surface area contributed by atoms with Crippen molar-refractivity contribution >= 4 is 23.2 Å². The molecular weight excluding hydrogens is 328 g/mol. The maximum atomic E-state index is 11.5. The van der Waals surface area contributed by atoms with Gasteiger partial charge in [-0.1, -0.05) is 104 Å². The van der Waals surface area contributed by atoms with Gasteiger partial charge in [-0.05, 0) is 18.6 Å². The second-order valence-corrected chi connectivity index (χ2v) is 7.90. The number of unbranched alkanes of at least 4 members (excludes halogenated alkanes) is 13. The fraction of sp³-hybridized carbons (Fsp3) is 0.905. The molecule has 0 aromatic rings. The largest absolute Gasteiger partial charge is 0.362 e. The monoisotopic (exact) mass is 370 g/mol. The van der Waals surface area contributed by atoms with E-state index in [1.165, 1.54) is 83.5 Å². The molecule has 0 unspecified atom stereocenters. The predicted molar refractivity (Wildman–Crippen MR) is 114 cm³/mol. The van der Waals surface area contributed by atoms with Crippen LogP contribution in [0.3, 0.4) is 0 Å². The molecule has 0 heterocycles. The fourth-order valence-corrected chi connectivity index (χ4v) is 3.02. The van der Waals surface area contributed by atoms with Crippen molar-refractivity contribution in [2.75, 3.05) is 6.54 Å². The molecule has 0 rings (SSSR count). The SMILES string of the molecule is CCCCCCCCCCCCCCCCNC(=S)NC(=O)C(C)C. The van der Waals surface area contributed by atoms with Gasteiger partial charge in [-0.2, -0.15) is 0 Å². The first-order valence-electron chi connectivity index (χ1n) is 10.7. The van der Waals surface area contributed by atoms with E-state index in [0.29, 0.717) is 5.11 Å². The highest BCUT2D eigenvalue weighted by molar-refractivity contribution is 7.80. The molecule has 0 aliphatic rings. The van der Waals surface area contributed by atoms with Crippen molar-refractivity contribution in [1.29, 1.82) is 0 Å². The quantitative estimate of drug-likeness (QED) is 0.254. The van der Waals surface area contributed by atoms with Crippen LogP contribution in [-0.4, -0.2) is 17.6 Å². The van der Waals surface area contributed by atoms with Crippen LogP contribution >= 0.6 is 12.2 Å². The second kappa shape index (κ2) is 18.2. The molecule has 4 heteroatoms. The molecule has 1 amide bonds. The normalized spacial score (nSPS) is 10.9. The minimum Gasteiger partial charge on any atom is -0.362 e. The van der Waals surface area contributed by atoms with Crippen molar-refractivity contribution in [3.05, 3.63) is 0 Å². The fourth-order valence-electron chi connectivity index (χ4n) is 2.82. The summed E-state index contributed by atoms with van der Waals surface area (Å²) >= 11 is 5.11. The van der Waals surface area contributed by atoms with Crippen molar-refractivity contribution < 1.29 is 4.79 Å². The number of thiocarbonyl (C=S) groups is 1. The highest BCUT2D eigenvalue weighted by Crippen LogP contribution is 2.12. The summed E-state index contributed by atoms with van der Waals surface area (Å²) in [4.78, 5) is 11.5. The van der Waals surface area contributed by atoms with Gasteiger partial charge < -0.3 is 10.6 Å². The van der Waals surface area contributed by atoms with E-state index in [1.807, 2.05) is 13.8 Å². The molecule has 2 N–H and O–H groups in total. The molecule has 0 atom stereocenters. The average molecular weight is 371 g/mol. The van der Waals surface area contributed by atoms with Gasteiger partial charge in [-0.3, -0.25) is 4.79 Å². The Balaban J connectivity index is 3.19. The topological polar surface area (TPSA) is 41.1 Å². The highest BCUT2D eigenvalue weighted by atomic mass is 32.1. The van der Waals surface area contributed by atoms with Crippen LogP contribution in [0.4, 0.5) is 0 Å². The van der Waals surface area contributed by atoms with E-state index in [1.54, 1.807) is 0 Å². The van der Waals surface area contributed by atoms with Gasteiger partial charge in [-0.15, -0.1) is 0 Å². The Morgan fingerprint density at radius 1 is 0.760 bits per heavy atom. The van der Waals surface area contributed by atoms with Gasteiger partial charge in [0, 0.05) is 12.5 Å². The zero-order valence-electron chi connectivity index (χ0n) is 17.0. The molecule has 148 valence electrons. The van der Waals surface area contributed by atoms with Crippen LogP contribution in [0.2, 0.25) is 0 Å². The van der Waals surface area contributed by atoms with Crippen molar-refractivity contribution in [3.8, 4) is 0 Å². The first-order valence-corrected chi connectivity index (χ1v) is 11.1. The lowest BCUT2D eigenvalue weighted by Gasteiger charge is -2.10. The molecule has 0 aliphatic heterocycles. The molecular formula is C21H42N2OS. The molecule has 0 fully saturated rings. The maximum absolute atomic E-state index is 11.5. The maximum Gasteiger partial charge on any atom is 0.228 e. The van der Waals surface area contributed by atoms with E-state index in [2.05, 4.69) is 17.6 Å². The minimum absolute atomic E-state index is 0.0153. The summed E-state index contributed by atoms with van der Waals surface area (Å²) in [5, 5.41) is 6.29. The Morgan fingerprint density at radius 3 is 1.56 bits per heavy atom. The van der Waals surface area contributed by atoms with Crippen molar-refractivity contribution in [3.63, 3.8) is 0 Å². The van der Waals surface area contributed by atoms with E-state index in [0.717, 1.165) is 13.0 Å². The summed E-state index contributed by atoms with van der Waals surface area (Å²) in [6.07, 6.45) is 19.1. The second-order valence-electron chi connectivity index (χ2n) is 7.50. The first-order chi connectivity index (χ1) is 12.1. The predicted octanol–water partition coefficient (Wildman–Crippen LogP) is 6.11. The third kappa shape index (κ3) is 18.0. The third-order valence-electron chi connectivity index (χ3n) is 4.58. The van der Waals surface area contributed by atoms with E-state index < -0.39 is 0 Å². The third-order valence-corrected chi connectivity index (χ3v) is 4.82. The zero-order chi connectivity index (χ0) is 18.8. The lowest BCUT2D eigenvalue weighted by Crippen LogP contribution is -2.41. The molecule has 0 aromatic heterocycles. The summed E-state index contributed by atoms with van der Waals surface area (Å²) in [5.74, 6) is -0.0423. The van der Waals surface area contributed by atoms with Gasteiger partial charge in [0.05, 0.1) is 0 Å². The van der Waals surface area contributed by atoms with Crippen LogP contribution in [0.25, 0.3) is 0 Å². The highest BCUT2D eigenvalue weighted by Gasteiger charge is 2.07. The summed E-state index contributed by atoms with van der Waals surface area (Å²) in [5.41, 5.74) is 0. The van der Waals surface area contributed by atoms with Crippen LogP contribution in [0.1, 0.15) is 111 Å². The lowest BCUT2D eigenvalue weighted by molar-refractivity contribution is -0.122. The Kier molecular flexibility index (Phi) is 17.7. The lowest BCUT2D eigenvalue weighted by atomic mass is 10.0. The Morgan fingerprint density at radius 2 is 1.16 bits per heavy atom. The molecule has 0 aromatic carbocycles. The van der Waals surface area contributed by atoms with Gasteiger partial charge >= 0.3 is 0 Å². The molecule has 25 heavy (non-hydrogen) atoms. The summed E-state index contributed by atoms with van der Waals surface area (Å²) in [7, 11) is 0. The average Bonchev–Trinajstić information content (AvgIpc) is 2.58. The number of rotatable bonds is 16. The number of carbonyl (C=O) groups is 1. The van der Waals surface area contributed by atoms with E-state index in [9.17, 15) is 4.79 Å². The summed E-state index contributed by atoms with van der Waals surface area (Å²) in [6.45, 7) is 6.87. The molecule has 0 spiro atoms. The van der Waals surface area contributed by atoms with Gasteiger partial charge in [0.25, 0.3) is 0 Å². The van der Waals surface area contributed by atoms with Gasteiger partial charge in [0.1, 0.15) is 0 Å². The number of hydrogen-bond donors (Lipinski definition) is 2. The Hall–Kier alpha value is -0.640. The molecule has 0 saturated heterocycles. The number of hydrogen-bond acceptors (Lipinski definition) is 2. The summed E-state index contributed by atoms with van der Waals surface area (Å²) < 4.78 is 0. The first kappa shape index (κ1) is 24.4. The smallest absolute Gasteiger partial charge is 0.228 e. The van der Waals surface area contributed by atoms with Gasteiger partial charge in [0.2, 0.25) is 5.91 Å². The number of nitrogens with one attached hydrogen (secondary N) is 2. The molecule has 0 aliphatic carbocycles. The molecule has 0 bridgehead atoms. The standard InChI is InChI=1S/C21H42N2OS/c1-4-5-6-7-8-9-10-11-12-13-14-15-16-17-18-22-21(25)23-20(24)19(2)3/h19H,4-18H2,1-3H3,(H2,22,23,24,25). The van der Waals surface area contributed by atoms with Crippen LogP contribution in [0.5, 0.6) is 0 Å². The molecule has 0 radical (unpaired) electrons. The van der Waals surface area contributed by atoms with Crippen molar-refractivity contribution in [2.24, 2.45) is 5.92 Å². The summed E-state index contributed by atoms with van der Waals surface area (Å²) in [6, 6.07) is 0. The van der Waals surface area contributed by atoms with Crippen molar-refractivity contribution in [1.82, 2.24) is 10.6 Å². The Bertz CT molecular complexity index is 332. The van der Waals surface area contributed by atoms with E-state index >= 15 is 0 Å². The van der Waals surface area contributed by atoms with E-state index in [4.69, 9.17) is 12.2 Å². The van der Waals surface area contributed by atoms with Crippen LogP contribution in [0, 0.1) is 5.92 Å². The van der Waals surface area contributed by atoms with Gasteiger partial charge in [-0.25, -0.2) is 0 Å². The van der Waals surface area contributed by atoms with Crippen LogP contribution < -0.4 is 10.6 Å². The van der Waals surface area contributed by atoms with E-state index in [-0.39, 0.29) is 11.8 Å². The van der Waals surface area contributed by atoms with Crippen LogP contribution in [-0.2, 0) is 4.79 Å². The Labute approximate surface area is 162 Å². The number of carbonyl (C=O) groups excluding carboxylic acids is 1. The zero-order valence-corrected chi connectivity index (χ0v) is 17.8. The van der Waals surface area contributed by atoms with Gasteiger partial charge in [0.15, 0.2) is 5.11 Å².